The minimum absolute atomic E-state index is 0.0471. The van der Waals surface area contributed by atoms with Gasteiger partial charge in [-0.25, -0.2) is 0 Å². The summed E-state index contributed by atoms with van der Waals surface area (Å²) in [4.78, 5) is 12.0. The molecule has 1 aromatic heterocycles. The summed E-state index contributed by atoms with van der Waals surface area (Å²) >= 11 is 1.24. The topological polar surface area (TPSA) is 56.0 Å². The molecule has 1 amide bonds. The molecule has 0 bridgehead atoms. The van der Waals surface area contributed by atoms with Crippen LogP contribution in [0.5, 0.6) is 0 Å². The fourth-order valence-electron chi connectivity index (χ4n) is 2.07. The number of hydrogen-bond donors (Lipinski definition) is 1. The van der Waals surface area contributed by atoms with Gasteiger partial charge >= 0.3 is 0 Å². The van der Waals surface area contributed by atoms with Crippen LogP contribution in [0.25, 0.3) is 0 Å². The molecule has 0 saturated carbocycles. The van der Waals surface area contributed by atoms with E-state index in [-0.39, 0.29) is 17.7 Å². The number of rotatable bonds is 6. The Kier molecular flexibility index (Phi) is 5.83. The number of carbonyl (C=O) groups excluding carboxylic acids is 1. The van der Waals surface area contributed by atoms with Gasteiger partial charge in [-0.05, 0) is 42.3 Å². The van der Waals surface area contributed by atoms with Crippen LogP contribution in [0.3, 0.4) is 0 Å². The lowest BCUT2D eigenvalue weighted by Crippen LogP contribution is -2.31. The smallest absolute Gasteiger partial charge is 0.251 e. The fraction of sp³-hybridized carbons (Fsp3) is 0.294. The summed E-state index contributed by atoms with van der Waals surface area (Å²) in [5, 5.41) is 15.0. The van der Waals surface area contributed by atoms with Gasteiger partial charge in [-0.15, -0.1) is 0 Å². The first-order chi connectivity index (χ1) is 10.6. The minimum Gasteiger partial charge on any atom is -0.618 e. The third kappa shape index (κ3) is 4.49. The Morgan fingerprint density at radius 3 is 2.64 bits per heavy atom. The number of nitrogens with zero attached hydrogens (tertiary/aromatic N) is 1. The molecule has 0 aliphatic heterocycles. The number of aromatic nitrogens is 1. The van der Waals surface area contributed by atoms with Gasteiger partial charge in [0.25, 0.3) is 5.03 Å². The average molecular weight is 316 g/mol. The summed E-state index contributed by atoms with van der Waals surface area (Å²) in [6.07, 6.45) is 2.43. The zero-order chi connectivity index (χ0) is 15.9. The summed E-state index contributed by atoms with van der Waals surface area (Å²) < 4.78 is 0.769. The van der Waals surface area contributed by atoms with Crippen molar-refractivity contribution in [2.24, 2.45) is 0 Å². The first kappa shape index (κ1) is 16.4. The number of nitrogens with one attached hydrogen (secondary N) is 1. The zero-order valence-corrected chi connectivity index (χ0v) is 13.6. The van der Waals surface area contributed by atoms with E-state index in [0.717, 1.165) is 16.7 Å². The van der Waals surface area contributed by atoms with Gasteiger partial charge in [0.2, 0.25) is 5.91 Å². The van der Waals surface area contributed by atoms with E-state index in [1.165, 1.54) is 23.5 Å². The molecule has 4 nitrogen and oxygen atoms in total. The Hall–Kier alpha value is -2.01. The Balaban J connectivity index is 1.87. The number of hydrogen-bond acceptors (Lipinski definition) is 3. The van der Waals surface area contributed by atoms with E-state index in [1.54, 1.807) is 18.2 Å². The SMILES string of the molecule is CCc1ccc(C(C)NC(=O)CSc2cccc[n+]2[O-])cc1. The van der Waals surface area contributed by atoms with E-state index in [4.69, 9.17) is 0 Å². The third-order valence-electron chi connectivity index (χ3n) is 3.41. The Labute approximate surface area is 135 Å². The molecule has 0 saturated heterocycles. The number of thioether (sulfide) groups is 1. The molecule has 0 radical (unpaired) electrons. The second-order valence-electron chi connectivity index (χ2n) is 5.04. The van der Waals surface area contributed by atoms with Crippen LogP contribution in [0.15, 0.2) is 53.7 Å². The van der Waals surface area contributed by atoms with Crippen molar-refractivity contribution in [1.82, 2.24) is 5.32 Å². The Bertz CT molecular complexity index is 629. The van der Waals surface area contributed by atoms with E-state index >= 15 is 0 Å². The van der Waals surface area contributed by atoms with Crippen LogP contribution in [-0.2, 0) is 11.2 Å². The molecular formula is C17H20N2O2S. The first-order valence-corrected chi connectivity index (χ1v) is 8.28. The highest BCUT2D eigenvalue weighted by Crippen LogP contribution is 2.16. The first-order valence-electron chi connectivity index (χ1n) is 7.29. The molecule has 1 unspecified atom stereocenters. The number of pyridine rings is 1. The lowest BCUT2D eigenvalue weighted by molar-refractivity contribution is -0.645. The molecule has 0 spiro atoms. The van der Waals surface area contributed by atoms with Gasteiger partial charge in [0.1, 0.15) is 0 Å². The predicted molar refractivity (Wildman–Crippen MR) is 88.5 cm³/mol. The van der Waals surface area contributed by atoms with Crippen LogP contribution in [0.1, 0.15) is 31.0 Å². The van der Waals surface area contributed by atoms with Gasteiger partial charge in [0, 0.05) is 12.1 Å². The molecule has 0 fully saturated rings. The Morgan fingerprint density at radius 1 is 1.27 bits per heavy atom. The van der Waals surface area contributed by atoms with Crippen molar-refractivity contribution < 1.29 is 9.52 Å². The van der Waals surface area contributed by atoms with Crippen molar-refractivity contribution in [3.05, 3.63) is 65.0 Å². The molecule has 22 heavy (non-hydrogen) atoms. The molecule has 116 valence electrons. The summed E-state index contributed by atoms with van der Waals surface area (Å²) in [6, 6.07) is 13.4. The van der Waals surface area contributed by atoms with Crippen LogP contribution >= 0.6 is 11.8 Å². The Morgan fingerprint density at radius 2 is 2.00 bits per heavy atom. The van der Waals surface area contributed by atoms with E-state index in [2.05, 4.69) is 24.4 Å². The molecule has 5 heteroatoms. The molecule has 1 aromatic carbocycles. The van der Waals surface area contributed by atoms with Crippen molar-refractivity contribution in [3.8, 4) is 0 Å². The average Bonchev–Trinajstić information content (AvgIpc) is 2.54. The van der Waals surface area contributed by atoms with Gasteiger partial charge in [-0.1, -0.05) is 31.2 Å². The standard InChI is InChI=1S/C17H20N2O2S/c1-3-14-7-9-15(10-8-14)13(2)18-16(20)12-22-17-6-4-5-11-19(17)21/h4-11,13H,3,12H2,1-2H3,(H,18,20). The lowest BCUT2D eigenvalue weighted by atomic mass is 10.1. The van der Waals surface area contributed by atoms with Gasteiger partial charge in [0.05, 0.1) is 11.8 Å². The quantitative estimate of drug-likeness (QED) is 0.506. The fourth-order valence-corrected chi connectivity index (χ4v) is 2.80. The summed E-state index contributed by atoms with van der Waals surface area (Å²) in [5.41, 5.74) is 2.36. The number of benzene rings is 1. The van der Waals surface area contributed by atoms with E-state index in [1.807, 2.05) is 19.1 Å². The summed E-state index contributed by atoms with van der Waals surface area (Å²) in [5.74, 6) is 0.143. The minimum atomic E-state index is -0.0825. The highest BCUT2D eigenvalue weighted by molar-refractivity contribution is 7.99. The van der Waals surface area contributed by atoms with E-state index in [0.29, 0.717) is 5.03 Å². The largest absolute Gasteiger partial charge is 0.618 e. The summed E-state index contributed by atoms with van der Waals surface area (Å²) in [6.45, 7) is 4.07. The van der Waals surface area contributed by atoms with Crippen molar-refractivity contribution >= 4 is 17.7 Å². The van der Waals surface area contributed by atoms with Crippen LogP contribution in [0, 0.1) is 5.21 Å². The van der Waals surface area contributed by atoms with Crippen molar-refractivity contribution in [2.75, 3.05) is 5.75 Å². The third-order valence-corrected chi connectivity index (χ3v) is 4.42. The highest BCUT2D eigenvalue weighted by atomic mass is 32.2. The van der Waals surface area contributed by atoms with Crippen molar-refractivity contribution in [1.29, 1.82) is 0 Å². The maximum atomic E-state index is 12.0. The zero-order valence-electron chi connectivity index (χ0n) is 12.8. The van der Waals surface area contributed by atoms with Crippen LogP contribution < -0.4 is 10.0 Å². The predicted octanol–water partition coefficient (Wildman–Crippen LogP) is 2.85. The van der Waals surface area contributed by atoms with Crippen molar-refractivity contribution in [2.45, 2.75) is 31.3 Å². The lowest BCUT2D eigenvalue weighted by Gasteiger charge is -2.14. The van der Waals surface area contributed by atoms with E-state index < -0.39 is 0 Å². The normalized spacial score (nSPS) is 11.9. The van der Waals surface area contributed by atoms with Crippen LogP contribution in [0.4, 0.5) is 0 Å². The van der Waals surface area contributed by atoms with Gasteiger partial charge in [-0.2, -0.15) is 4.73 Å². The van der Waals surface area contributed by atoms with Gasteiger partial charge in [0.15, 0.2) is 6.20 Å². The molecule has 1 N–H and O–H groups in total. The maximum absolute atomic E-state index is 12.0. The second kappa shape index (κ2) is 7.84. The number of aryl methyl sites for hydroxylation is 1. The molecule has 0 aliphatic rings. The molecule has 1 heterocycles. The molecular weight excluding hydrogens is 296 g/mol. The van der Waals surface area contributed by atoms with Crippen LogP contribution in [0.2, 0.25) is 0 Å². The summed E-state index contributed by atoms with van der Waals surface area (Å²) in [7, 11) is 0. The number of carbonyl (C=O) groups is 1. The number of amides is 1. The molecule has 2 rings (SSSR count). The molecule has 0 aliphatic carbocycles. The van der Waals surface area contributed by atoms with Gasteiger partial charge in [-0.3, -0.25) is 4.79 Å². The maximum Gasteiger partial charge on any atom is 0.251 e. The second-order valence-corrected chi connectivity index (χ2v) is 6.03. The van der Waals surface area contributed by atoms with Crippen molar-refractivity contribution in [3.63, 3.8) is 0 Å². The monoisotopic (exact) mass is 316 g/mol. The van der Waals surface area contributed by atoms with Crippen LogP contribution in [-0.4, -0.2) is 11.7 Å². The molecule has 2 aromatic rings. The van der Waals surface area contributed by atoms with Gasteiger partial charge < -0.3 is 10.5 Å². The van der Waals surface area contributed by atoms with E-state index in [9.17, 15) is 10.0 Å². The molecule has 1 atom stereocenters. The highest BCUT2D eigenvalue weighted by Gasteiger charge is 2.12.